The summed E-state index contributed by atoms with van der Waals surface area (Å²) >= 11 is 5.84. The number of halogens is 1. The van der Waals surface area contributed by atoms with Gasteiger partial charge in [-0.25, -0.2) is 4.79 Å². The van der Waals surface area contributed by atoms with E-state index < -0.39 is 0 Å². The van der Waals surface area contributed by atoms with Crippen LogP contribution in [0.3, 0.4) is 0 Å². The van der Waals surface area contributed by atoms with Gasteiger partial charge in [-0.15, -0.1) is 0 Å². The van der Waals surface area contributed by atoms with Gasteiger partial charge in [-0.1, -0.05) is 11.6 Å². The Balaban J connectivity index is 1.64. The zero-order valence-electron chi connectivity index (χ0n) is 12.8. The van der Waals surface area contributed by atoms with Crippen LogP contribution < -0.4 is 5.32 Å². The summed E-state index contributed by atoms with van der Waals surface area (Å²) in [6.07, 6.45) is 1.55. The third-order valence-corrected chi connectivity index (χ3v) is 4.47. The molecule has 1 atom stereocenters. The van der Waals surface area contributed by atoms with Gasteiger partial charge in [0.2, 0.25) is 5.91 Å². The minimum atomic E-state index is -0.375. The highest BCUT2D eigenvalue weighted by atomic mass is 35.5. The normalized spacial score (nSPS) is 21.3. The fourth-order valence-corrected chi connectivity index (χ4v) is 3.12. The predicted octanol–water partition coefficient (Wildman–Crippen LogP) is 2.20. The quantitative estimate of drug-likeness (QED) is 0.900. The number of hydrogen-bond donors (Lipinski definition) is 1. The SMILES string of the molecule is O=C([C@@H]1CCCN1C(=O)Nc1ccc(Cl)cc1)N1CCOCC1. The lowest BCUT2D eigenvalue weighted by Crippen LogP contribution is -2.51. The predicted molar refractivity (Wildman–Crippen MR) is 87.6 cm³/mol. The first kappa shape index (κ1) is 16.1. The van der Waals surface area contributed by atoms with Crippen molar-refractivity contribution in [1.29, 1.82) is 0 Å². The number of likely N-dealkylation sites (tertiary alicyclic amines) is 1. The topological polar surface area (TPSA) is 61.9 Å². The fraction of sp³-hybridized carbons (Fsp3) is 0.500. The largest absolute Gasteiger partial charge is 0.378 e. The molecule has 2 heterocycles. The van der Waals surface area contributed by atoms with Crippen molar-refractivity contribution in [3.05, 3.63) is 29.3 Å². The van der Waals surface area contributed by atoms with Gasteiger partial charge in [0.25, 0.3) is 0 Å². The lowest BCUT2D eigenvalue weighted by atomic mass is 10.2. The van der Waals surface area contributed by atoms with E-state index in [4.69, 9.17) is 16.3 Å². The van der Waals surface area contributed by atoms with Crippen molar-refractivity contribution in [1.82, 2.24) is 9.80 Å². The smallest absolute Gasteiger partial charge is 0.322 e. The molecule has 23 heavy (non-hydrogen) atoms. The summed E-state index contributed by atoms with van der Waals surface area (Å²) in [4.78, 5) is 28.6. The van der Waals surface area contributed by atoms with Crippen LogP contribution in [0.1, 0.15) is 12.8 Å². The standard InChI is InChI=1S/C16H20ClN3O3/c17-12-3-5-13(6-4-12)18-16(22)20-7-1-2-14(20)15(21)19-8-10-23-11-9-19/h3-6,14H,1-2,7-11H2,(H,18,22)/t14-/m0/s1. The molecule has 0 bridgehead atoms. The number of nitrogens with one attached hydrogen (secondary N) is 1. The molecule has 2 aliphatic heterocycles. The Morgan fingerprint density at radius 2 is 1.83 bits per heavy atom. The summed E-state index contributed by atoms with van der Waals surface area (Å²) in [5, 5.41) is 3.45. The van der Waals surface area contributed by atoms with Gasteiger partial charge >= 0.3 is 6.03 Å². The lowest BCUT2D eigenvalue weighted by Gasteiger charge is -2.32. The Hall–Kier alpha value is -1.79. The van der Waals surface area contributed by atoms with Crippen LogP contribution >= 0.6 is 11.6 Å². The third-order valence-electron chi connectivity index (χ3n) is 4.22. The maximum absolute atomic E-state index is 12.6. The average Bonchev–Trinajstić information content (AvgIpc) is 3.07. The Bertz CT molecular complexity index is 572. The minimum Gasteiger partial charge on any atom is -0.378 e. The van der Waals surface area contributed by atoms with E-state index in [1.165, 1.54) is 0 Å². The zero-order chi connectivity index (χ0) is 16.2. The number of carbonyl (C=O) groups is 2. The Morgan fingerprint density at radius 3 is 2.52 bits per heavy atom. The number of ether oxygens (including phenoxy) is 1. The fourth-order valence-electron chi connectivity index (χ4n) is 2.99. The van der Waals surface area contributed by atoms with E-state index >= 15 is 0 Å². The molecule has 0 aromatic heterocycles. The number of morpholine rings is 1. The number of rotatable bonds is 2. The molecule has 2 aliphatic rings. The molecular formula is C16H20ClN3O3. The van der Waals surface area contributed by atoms with Gasteiger partial charge in [0, 0.05) is 30.3 Å². The van der Waals surface area contributed by atoms with Crippen molar-refractivity contribution in [2.45, 2.75) is 18.9 Å². The summed E-state index contributed by atoms with van der Waals surface area (Å²) in [6.45, 7) is 2.93. The monoisotopic (exact) mass is 337 g/mol. The highest BCUT2D eigenvalue weighted by Crippen LogP contribution is 2.22. The number of hydrogen-bond acceptors (Lipinski definition) is 3. The van der Waals surface area contributed by atoms with E-state index in [9.17, 15) is 9.59 Å². The molecule has 0 aliphatic carbocycles. The van der Waals surface area contributed by atoms with Crippen molar-refractivity contribution in [3.63, 3.8) is 0 Å². The first-order valence-electron chi connectivity index (χ1n) is 7.85. The maximum atomic E-state index is 12.6. The Morgan fingerprint density at radius 1 is 1.13 bits per heavy atom. The highest BCUT2D eigenvalue weighted by Gasteiger charge is 2.36. The first-order valence-corrected chi connectivity index (χ1v) is 8.22. The van der Waals surface area contributed by atoms with Crippen LogP contribution in [0, 0.1) is 0 Å². The average molecular weight is 338 g/mol. The molecule has 3 amide bonds. The van der Waals surface area contributed by atoms with Crippen LogP contribution in [0.15, 0.2) is 24.3 Å². The van der Waals surface area contributed by atoms with Crippen LogP contribution in [0.5, 0.6) is 0 Å². The van der Waals surface area contributed by atoms with Crippen molar-refractivity contribution >= 4 is 29.2 Å². The van der Waals surface area contributed by atoms with E-state index in [0.717, 1.165) is 6.42 Å². The molecule has 3 rings (SSSR count). The molecule has 0 spiro atoms. The van der Waals surface area contributed by atoms with Crippen LogP contribution in [0.2, 0.25) is 5.02 Å². The van der Waals surface area contributed by atoms with Crippen molar-refractivity contribution in [3.8, 4) is 0 Å². The van der Waals surface area contributed by atoms with Gasteiger partial charge in [0.1, 0.15) is 6.04 Å². The van der Waals surface area contributed by atoms with E-state index in [-0.39, 0.29) is 18.0 Å². The Kier molecular flexibility index (Phi) is 5.03. The molecule has 124 valence electrons. The minimum absolute atomic E-state index is 0.0251. The molecular weight excluding hydrogens is 318 g/mol. The summed E-state index contributed by atoms with van der Waals surface area (Å²) in [6, 6.07) is 6.32. The van der Waals surface area contributed by atoms with Crippen LogP contribution in [0.4, 0.5) is 10.5 Å². The second-order valence-electron chi connectivity index (χ2n) is 5.73. The summed E-state index contributed by atoms with van der Waals surface area (Å²) in [5.41, 5.74) is 0.670. The van der Waals surface area contributed by atoms with E-state index in [1.807, 2.05) is 0 Å². The van der Waals surface area contributed by atoms with E-state index in [0.29, 0.717) is 50.0 Å². The molecule has 2 saturated heterocycles. The number of benzene rings is 1. The van der Waals surface area contributed by atoms with Gasteiger partial charge in [-0.3, -0.25) is 4.79 Å². The van der Waals surface area contributed by atoms with Gasteiger partial charge in [-0.2, -0.15) is 0 Å². The molecule has 1 aromatic carbocycles. The molecule has 1 aromatic rings. The molecule has 0 saturated carbocycles. The summed E-state index contributed by atoms with van der Waals surface area (Å²) in [7, 11) is 0. The van der Waals surface area contributed by atoms with Gasteiger partial charge in [0.05, 0.1) is 13.2 Å². The highest BCUT2D eigenvalue weighted by molar-refractivity contribution is 6.30. The summed E-state index contributed by atoms with van der Waals surface area (Å²) in [5.74, 6) is 0.0251. The first-order chi connectivity index (χ1) is 11.1. The molecule has 7 heteroatoms. The number of carbonyl (C=O) groups excluding carboxylic acids is 2. The van der Waals surface area contributed by atoms with E-state index in [1.54, 1.807) is 34.1 Å². The van der Waals surface area contributed by atoms with Crippen LogP contribution in [0.25, 0.3) is 0 Å². The molecule has 6 nitrogen and oxygen atoms in total. The Labute approximate surface area is 140 Å². The van der Waals surface area contributed by atoms with Gasteiger partial charge in [-0.05, 0) is 37.1 Å². The maximum Gasteiger partial charge on any atom is 0.322 e. The molecule has 0 unspecified atom stereocenters. The van der Waals surface area contributed by atoms with Crippen molar-refractivity contribution < 1.29 is 14.3 Å². The third kappa shape index (κ3) is 3.76. The molecule has 2 fully saturated rings. The lowest BCUT2D eigenvalue weighted by molar-refractivity contribution is -0.139. The van der Waals surface area contributed by atoms with Gasteiger partial charge < -0.3 is 19.9 Å². The second-order valence-corrected chi connectivity index (χ2v) is 6.16. The second kappa shape index (κ2) is 7.19. The van der Waals surface area contributed by atoms with Crippen molar-refractivity contribution in [2.75, 3.05) is 38.2 Å². The number of nitrogens with zero attached hydrogens (tertiary/aromatic N) is 2. The zero-order valence-corrected chi connectivity index (χ0v) is 13.6. The number of urea groups is 1. The van der Waals surface area contributed by atoms with Crippen LogP contribution in [-0.2, 0) is 9.53 Å². The summed E-state index contributed by atoms with van der Waals surface area (Å²) < 4.78 is 5.28. The van der Waals surface area contributed by atoms with Gasteiger partial charge in [0.15, 0.2) is 0 Å². The number of amides is 3. The molecule has 1 N–H and O–H groups in total. The van der Waals surface area contributed by atoms with Crippen molar-refractivity contribution in [2.24, 2.45) is 0 Å². The number of anilines is 1. The van der Waals surface area contributed by atoms with E-state index in [2.05, 4.69) is 5.32 Å². The van der Waals surface area contributed by atoms with Crippen LogP contribution in [-0.4, -0.2) is 60.6 Å². The molecule has 0 radical (unpaired) electrons.